The maximum absolute atomic E-state index is 8.73. The lowest BCUT2D eigenvalue weighted by Gasteiger charge is -2.32. The second-order valence-electron chi connectivity index (χ2n) is 4.34. The van der Waals surface area contributed by atoms with Gasteiger partial charge >= 0.3 is 0 Å². The summed E-state index contributed by atoms with van der Waals surface area (Å²) in [6.45, 7) is 1.90. The van der Waals surface area contributed by atoms with E-state index in [9.17, 15) is 0 Å². The standard InChI is InChI=1S/C12H14N4O2S/c13-11(14-17)10-7-16(5-6-18-10)12-8-3-1-2-4-9(8)15-19-12/h1-4,10,17H,5-7H2,(H2,13,14). The Hall–Kier alpha value is -1.86. The molecule has 7 heteroatoms. The van der Waals surface area contributed by atoms with Crippen LogP contribution in [0.1, 0.15) is 0 Å². The van der Waals surface area contributed by atoms with E-state index in [1.165, 1.54) is 11.5 Å². The van der Waals surface area contributed by atoms with Gasteiger partial charge in [0.05, 0.1) is 18.7 Å². The van der Waals surface area contributed by atoms with Crippen LogP contribution in [0.3, 0.4) is 0 Å². The third-order valence-corrected chi connectivity index (χ3v) is 4.10. The average molecular weight is 278 g/mol. The number of hydrogen-bond acceptors (Lipinski definition) is 6. The van der Waals surface area contributed by atoms with Crippen LogP contribution in [-0.2, 0) is 4.74 Å². The van der Waals surface area contributed by atoms with Gasteiger partial charge in [-0.1, -0.05) is 17.3 Å². The molecule has 1 saturated heterocycles. The zero-order valence-corrected chi connectivity index (χ0v) is 11.0. The van der Waals surface area contributed by atoms with Crippen molar-refractivity contribution in [2.45, 2.75) is 6.10 Å². The van der Waals surface area contributed by atoms with Crippen molar-refractivity contribution in [1.29, 1.82) is 0 Å². The highest BCUT2D eigenvalue weighted by Gasteiger charge is 2.26. The van der Waals surface area contributed by atoms with E-state index in [4.69, 9.17) is 15.7 Å². The molecular formula is C12H14N4O2S. The first-order valence-electron chi connectivity index (χ1n) is 5.98. The summed E-state index contributed by atoms with van der Waals surface area (Å²) in [5, 5.41) is 14.0. The Morgan fingerprint density at radius 3 is 3.21 bits per heavy atom. The third kappa shape index (κ3) is 2.22. The van der Waals surface area contributed by atoms with Crippen LogP contribution in [0, 0.1) is 0 Å². The molecule has 100 valence electrons. The van der Waals surface area contributed by atoms with Gasteiger partial charge in [0.15, 0.2) is 5.84 Å². The van der Waals surface area contributed by atoms with Crippen molar-refractivity contribution in [3.8, 4) is 0 Å². The largest absolute Gasteiger partial charge is 0.409 e. The second kappa shape index (κ2) is 5.02. The molecule has 1 aromatic carbocycles. The molecule has 1 aromatic heterocycles. The molecule has 0 aliphatic carbocycles. The van der Waals surface area contributed by atoms with E-state index in [1.807, 2.05) is 18.2 Å². The number of hydrogen-bond donors (Lipinski definition) is 2. The van der Waals surface area contributed by atoms with Crippen molar-refractivity contribution in [3.05, 3.63) is 24.3 Å². The van der Waals surface area contributed by atoms with Gasteiger partial charge < -0.3 is 20.6 Å². The van der Waals surface area contributed by atoms with Gasteiger partial charge in [-0.15, -0.1) is 0 Å². The van der Waals surface area contributed by atoms with Crippen LogP contribution in [0.2, 0.25) is 0 Å². The Kier molecular flexibility index (Phi) is 3.22. The summed E-state index contributed by atoms with van der Waals surface area (Å²) in [5.74, 6) is 0.110. The number of fused-ring (bicyclic) bond motifs is 1. The van der Waals surface area contributed by atoms with Crippen molar-refractivity contribution in [2.24, 2.45) is 10.9 Å². The van der Waals surface area contributed by atoms with Crippen LogP contribution < -0.4 is 10.6 Å². The Morgan fingerprint density at radius 1 is 1.53 bits per heavy atom. The normalized spacial score (nSPS) is 20.9. The number of nitrogens with zero attached hydrogens (tertiary/aromatic N) is 3. The summed E-state index contributed by atoms with van der Waals surface area (Å²) < 4.78 is 9.93. The van der Waals surface area contributed by atoms with Crippen LogP contribution in [0.25, 0.3) is 10.9 Å². The van der Waals surface area contributed by atoms with E-state index in [0.29, 0.717) is 13.2 Å². The molecule has 1 unspecified atom stereocenters. The number of rotatable bonds is 2. The van der Waals surface area contributed by atoms with E-state index in [0.717, 1.165) is 22.4 Å². The SMILES string of the molecule is NC(=NO)C1CN(c2snc3ccccc23)CCO1. The highest BCUT2D eigenvalue weighted by atomic mass is 32.1. The van der Waals surface area contributed by atoms with E-state index >= 15 is 0 Å². The van der Waals surface area contributed by atoms with Crippen LogP contribution >= 0.6 is 11.5 Å². The van der Waals surface area contributed by atoms with E-state index in [2.05, 4.69) is 20.5 Å². The molecule has 0 amide bonds. The lowest BCUT2D eigenvalue weighted by Crippen LogP contribution is -2.48. The lowest BCUT2D eigenvalue weighted by atomic mass is 10.2. The fraction of sp³-hybridized carbons (Fsp3) is 0.333. The van der Waals surface area contributed by atoms with Crippen LogP contribution in [0.4, 0.5) is 5.00 Å². The Balaban J connectivity index is 1.89. The predicted octanol–water partition coefficient (Wildman–Crippen LogP) is 1.25. The number of amidine groups is 1. The fourth-order valence-corrected chi connectivity index (χ4v) is 3.08. The minimum absolute atomic E-state index is 0.110. The molecule has 3 N–H and O–H groups in total. The number of benzene rings is 1. The zero-order valence-electron chi connectivity index (χ0n) is 10.2. The molecule has 1 aliphatic heterocycles. The highest BCUT2D eigenvalue weighted by molar-refractivity contribution is 7.11. The molecule has 1 atom stereocenters. The van der Waals surface area contributed by atoms with Gasteiger partial charge in [0, 0.05) is 11.9 Å². The Bertz CT molecular complexity index is 613. The number of morpholine rings is 1. The van der Waals surface area contributed by atoms with Crippen molar-refractivity contribution >= 4 is 33.3 Å². The number of aromatic nitrogens is 1. The first kappa shape index (κ1) is 12.2. The van der Waals surface area contributed by atoms with Gasteiger partial charge in [-0.2, -0.15) is 4.37 Å². The highest BCUT2D eigenvalue weighted by Crippen LogP contribution is 2.32. The topological polar surface area (TPSA) is 84.0 Å². The average Bonchev–Trinajstić information content (AvgIpc) is 2.90. The number of oxime groups is 1. The minimum Gasteiger partial charge on any atom is -0.409 e. The van der Waals surface area contributed by atoms with E-state index in [-0.39, 0.29) is 11.9 Å². The van der Waals surface area contributed by atoms with Gasteiger partial charge in [0.2, 0.25) is 0 Å². The number of nitrogens with two attached hydrogens (primary N) is 1. The smallest absolute Gasteiger partial charge is 0.170 e. The first-order valence-corrected chi connectivity index (χ1v) is 6.75. The Morgan fingerprint density at radius 2 is 2.37 bits per heavy atom. The number of anilines is 1. The molecule has 19 heavy (non-hydrogen) atoms. The molecule has 2 heterocycles. The minimum atomic E-state index is -0.375. The maximum Gasteiger partial charge on any atom is 0.170 e. The Labute approximate surface area is 114 Å². The predicted molar refractivity (Wildman–Crippen MR) is 75.0 cm³/mol. The number of ether oxygens (including phenoxy) is 1. The van der Waals surface area contributed by atoms with Gasteiger partial charge in [0.1, 0.15) is 11.1 Å². The maximum atomic E-state index is 8.73. The lowest BCUT2D eigenvalue weighted by molar-refractivity contribution is 0.0810. The van der Waals surface area contributed by atoms with Gasteiger partial charge in [-0.25, -0.2) is 0 Å². The molecule has 0 bridgehead atoms. The monoisotopic (exact) mass is 278 g/mol. The molecular weight excluding hydrogens is 264 g/mol. The molecule has 1 fully saturated rings. The summed E-state index contributed by atoms with van der Waals surface area (Å²) in [4.78, 5) is 2.17. The van der Waals surface area contributed by atoms with Gasteiger partial charge in [0.25, 0.3) is 0 Å². The fourth-order valence-electron chi connectivity index (χ4n) is 2.18. The summed E-state index contributed by atoms with van der Waals surface area (Å²) in [5.41, 5.74) is 6.61. The first-order chi connectivity index (χ1) is 9.29. The molecule has 6 nitrogen and oxygen atoms in total. The molecule has 0 radical (unpaired) electrons. The van der Waals surface area contributed by atoms with Crippen LogP contribution in [0.5, 0.6) is 0 Å². The zero-order chi connectivity index (χ0) is 13.2. The van der Waals surface area contributed by atoms with Crippen molar-refractivity contribution in [3.63, 3.8) is 0 Å². The summed E-state index contributed by atoms with van der Waals surface area (Å²) in [6, 6.07) is 8.03. The molecule has 0 spiro atoms. The van der Waals surface area contributed by atoms with Gasteiger partial charge in [-0.05, 0) is 23.7 Å². The summed E-state index contributed by atoms with van der Waals surface area (Å²) >= 11 is 1.47. The molecule has 1 aliphatic rings. The van der Waals surface area contributed by atoms with E-state index in [1.54, 1.807) is 0 Å². The van der Waals surface area contributed by atoms with Crippen molar-refractivity contribution < 1.29 is 9.94 Å². The quantitative estimate of drug-likeness (QED) is 0.374. The summed E-state index contributed by atoms with van der Waals surface area (Å²) in [6.07, 6.45) is -0.375. The third-order valence-electron chi connectivity index (χ3n) is 3.16. The summed E-state index contributed by atoms with van der Waals surface area (Å²) in [7, 11) is 0. The second-order valence-corrected chi connectivity index (χ2v) is 5.09. The van der Waals surface area contributed by atoms with Crippen molar-refractivity contribution in [2.75, 3.05) is 24.6 Å². The van der Waals surface area contributed by atoms with E-state index < -0.39 is 0 Å². The van der Waals surface area contributed by atoms with Crippen LogP contribution in [0.15, 0.2) is 29.4 Å². The van der Waals surface area contributed by atoms with Crippen molar-refractivity contribution in [1.82, 2.24) is 4.37 Å². The molecule has 2 aromatic rings. The van der Waals surface area contributed by atoms with Crippen LogP contribution in [-0.4, -0.2) is 41.2 Å². The molecule has 0 saturated carbocycles. The van der Waals surface area contributed by atoms with Gasteiger partial charge in [-0.3, -0.25) is 0 Å². The molecule has 3 rings (SSSR count).